The van der Waals surface area contributed by atoms with Gasteiger partial charge in [0.2, 0.25) is 0 Å². The van der Waals surface area contributed by atoms with E-state index in [1.165, 1.54) is 0 Å². The number of thiazole rings is 1. The Morgan fingerprint density at radius 2 is 2.13 bits per heavy atom. The molecule has 0 radical (unpaired) electrons. The highest BCUT2D eigenvalue weighted by Crippen LogP contribution is 2.22. The van der Waals surface area contributed by atoms with Crippen molar-refractivity contribution < 1.29 is 4.79 Å². The number of hydrogen-bond acceptors (Lipinski definition) is 4. The molecule has 0 bridgehead atoms. The van der Waals surface area contributed by atoms with E-state index in [0.29, 0.717) is 12.1 Å². The van der Waals surface area contributed by atoms with Crippen LogP contribution in [0.15, 0.2) is 35.8 Å². The third kappa shape index (κ3) is 3.17. The van der Waals surface area contributed by atoms with Gasteiger partial charge in [-0.25, -0.2) is 4.98 Å². The maximum absolute atomic E-state index is 12.5. The van der Waals surface area contributed by atoms with Crippen molar-refractivity contribution in [2.75, 3.05) is 0 Å². The highest BCUT2D eigenvalue weighted by atomic mass is 32.1. The second-order valence-electron chi connectivity index (χ2n) is 5.39. The van der Waals surface area contributed by atoms with Crippen LogP contribution in [0.3, 0.4) is 0 Å². The average molecular weight is 326 g/mol. The Hall–Kier alpha value is -2.47. The van der Waals surface area contributed by atoms with Crippen molar-refractivity contribution >= 4 is 17.2 Å². The summed E-state index contributed by atoms with van der Waals surface area (Å²) in [7, 11) is 0. The molecule has 0 aromatic carbocycles. The zero-order valence-electron chi connectivity index (χ0n) is 13.3. The summed E-state index contributed by atoms with van der Waals surface area (Å²) < 4.78 is 2.00. The molecule has 0 aliphatic carbocycles. The molecule has 3 rings (SSSR count). The largest absolute Gasteiger partial charge is 0.346 e. The third-order valence-corrected chi connectivity index (χ3v) is 4.42. The number of amides is 1. The lowest BCUT2D eigenvalue weighted by Crippen LogP contribution is -2.23. The number of carbonyl (C=O) groups is 1. The van der Waals surface area contributed by atoms with Crippen LogP contribution in [-0.2, 0) is 6.54 Å². The van der Waals surface area contributed by atoms with Gasteiger partial charge in [-0.1, -0.05) is 6.07 Å². The van der Waals surface area contributed by atoms with Crippen molar-refractivity contribution in [3.05, 3.63) is 64.2 Å². The lowest BCUT2D eigenvalue weighted by molar-refractivity contribution is 0.0950. The number of carbonyl (C=O) groups excluding carboxylic acids is 1. The zero-order valence-corrected chi connectivity index (χ0v) is 14.1. The van der Waals surface area contributed by atoms with E-state index in [2.05, 4.69) is 15.3 Å². The Balaban J connectivity index is 1.79. The van der Waals surface area contributed by atoms with Gasteiger partial charge < -0.3 is 5.32 Å². The molecule has 3 aromatic heterocycles. The molecule has 3 heterocycles. The molecule has 6 heteroatoms. The summed E-state index contributed by atoms with van der Waals surface area (Å²) in [5, 5.41) is 5.74. The lowest BCUT2D eigenvalue weighted by atomic mass is 10.2. The molecule has 1 N–H and O–H groups in total. The van der Waals surface area contributed by atoms with Crippen molar-refractivity contribution in [2.24, 2.45) is 0 Å². The summed E-state index contributed by atoms with van der Waals surface area (Å²) in [6.07, 6.45) is 1.77. The first-order valence-electron chi connectivity index (χ1n) is 7.36. The van der Waals surface area contributed by atoms with E-state index in [9.17, 15) is 4.79 Å². The quantitative estimate of drug-likeness (QED) is 0.801. The standard InChI is InChI=1S/C17H18N4OS/c1-11-5-4-6-14(20-11)10-19-16(22)15-9-12(2)21(13(15)3)17-18-7-8-23-17/h4-9H,10H2,1-3H3,(H,19,22). The predicted octanol–water partition coefficient (Wildman–Crippen LogP) is 3.18. The Kier molecular flexibility index (Phi) is 4.25. The van der Waals surface area contributed by atoms with Crippen LogP contribution >= 0.6 is 11.3 Å². The summed E-state index contributed by atoms with van der Waals surface area (Å²) in [6, 6.07) is 7.69. The fourth-order valence-corrected chi connectivity index (χ4v) is 3.33. The van der Waals surface area contributed by atoms with Gasteiger partial charge in [-0.2, -0.15) is 0 Å². The topological polar surface area (TPSA) is 59.8 Å². The molecule has 0 spiro atoms. The summed E-state index contributed by atoms with van der Waals surface area (Å²) in [5.41, 5.74) is 4.36. The fourth-order valence-electron chi connectivity index (χ4n) is 2.58. The predicted molar refractivity (Wildman–Crippen MR) is 91.1 cm³/mol. The molecule has 1 amide bonds. The van der Waals surface area contributed by atoms with E-state index in [0.717, 1.165) is 27.9 Å². The molecule has 0 saturated heterocycles. The minimum Gasteiger partial charge on any atom is -0.346 e. The van der Waals surface area contributed by atoms with E-state index in [4.69, 9.17) is 0 Å². The molecule has 0 atom stereocenters. The minimum absolute atomic E-state index is 0.0933. The van der Waals surface area contributed by atoms with Gasteiger partial charge in [-0.3, -0.25) is 14.3 Å². The molecule has 23 heavy (non-hydrogen) atoms. The van der Waals surface area contributed by atoms with Gasteiger partial charge in [0.25, 0.3) is 5.91 Å². The van der Waals surface area contributed by atoms with E-state index in [1.54, 1.807) is 17.5 Å². The Bertz CT molecular complexity index is 836. The summed E-state index contributed by atoms with van der Waals surface area (Å²) in [6.45, 7) is 6.27. The molecule has 0 aliphatic heterocycles. The van der Waals surface area contributed by atoms with Gasteiger partial charge in [0.15, 0.2) is 5.13 Å². The second-order valence-corrected chi connectivity index (χ2v) is 6.26. The van der Waals surface area contributed by atoms with Crippen LogP contribution < -0.4 is 5.32 Å². The Labute approximate surface area is 139 Å². The van der Waals surface area contributed by atoms with Crippen molar-refractivity contribution in [3.8, 4) is 5.13 Å². The number of rotatable bonds is 4. The maximum atomic E-state index is 12.5. The molecule has 3 aromatic rings. The molecule has 0 aliphatic rings. The molecular formula is C17H18N4OS. The normalized spacial score (nSPS) is 10.7. The molecule has 118 valence electrons. The van der Waals surface area contributed by atoms with Crippen molar-refractivity contribution in [1.82, 2.24) is 19.9 Å². The first-order chi connectivity index (χ1) is 11.1. The molecular weight excluding hydrogens is 308 g/mol. The Morgan fingerprint density at radius 1 is 1.30 bits per heavy atom. The molecule has 0 saturated carbocycles. The van der Waals surface area contributed by atoms with E-state index < -0.39 is 0 Å². The summed E-state index contributed by atoms with van der Waals surface area (Å²) in [4.78, 5) is 21.2. The zero-order chi connectivity index (χ0) is 16.4. The minimum atomic E-state index is -0.0933. The van der Waals surface area contributed by atoms with Crippen LogP contribution in [0.2, 0.25) is 0 Å². The van der Waals surface area contributed by atoms with Crippen LogP contribution in [0.5, 0.6) is 0 Å². The van der Waals surface area contributed by atoms with Gasteiger partial charge >= 0.3 is 0 Å². The van der Waals surface area contributed by atoms with Crippen LogP contribution in [0.4, 0.5) is 0 Å². The summed E-state index contributed by atoms with van der Waals surface area (Å²) >= 11 is 1.55. The summed E-state index contributed by atoms with van der Waals surface area (Å²) in [5.74, 6) is -0.0933. The van der Waals surface area contributed by atoms with Gasteiger partial charge in [-0.05, 0) is 39.0 Å². The third-order valence-electron chi connectivity index (χ3n) is 3.66. The maximum Gasteiger partial charge on any atom is 0.253 e. The van der Waals surface area contributed by atoms with Crippen LogP contribution in [0, 0.1) is 20.8 Å². The van der Waals surface area contributed by atoms with Crippen molar-refractivity contribution in [3.63, 3.8) is 0 Å². The van der Waals surface area contributed by atoms with E-state index in [-0.39, 0.29) is 5.91 Å². The number of pyridine rings is 1. The first kappa shape index (κ1) is 15.4. The van der Waals surface area contributed by atoms with Crippen molar-refractivity contribution in [2.45, 2.75) is 27.3 Å². The van der Waals surface area contributed by atoms with E-state index >= 15 is 0 Å². The van der Waals surface area contributed by atoms with E-state index in [1.807, 2.05) is 55.0 Å². The number of aromatic nitrogens is 3. The second kappa shape index (κ2) is 6.34. The monoisotopic (exact) mass is 326 g/mol. The number of aryl methyl sites for hydroxylation is 2. The molecule has 5 nitrogen and oxygen atoms in total. The van der Waals surface area contributed by atoms with Crippen LogP contribution in [0.1, 0.15) is 33.1 Å². The lowest BCUT2D eigenvalue weighted by Gasteiger charge is -2.07. The van der Waals surface area contributed by atoms with Gasteiger partial charge in [0.05, 0.1) is 17.8 Å². The highest BCUT2D eigenvalue weighted by molar-refractivity contribution is 7.12. The van der Waals surface area contributed by atoms with Gasteiger partial charge in [0.1, 0.15) is 0 Å². The molecule has 0 unspecified atom stereocenters. The molecule has 0 fully saturated rings. The van der Waals surface area contributed by atoms with Crippen LogP contribution in [0.25, 0.3) is 5.13 Å². The highest BCUT2D eigenvalue weighted by Gasteiger charge is 2.17. The smallest absolute Gasteiger partial charge is 0.253 e. The van der Waals surface area contributed by atoms with Crippen LogP contribution in [-0.4, -0.2) is 20.4 Å². The average Bonchev–Trinajstić information content (AvgIpc) is 3.13. The fraction of sp³-hybridized carbons (Fsp3) is 0.235. The first-order valence-corrected chi connectivity index (χ1v) is 8.24. The SMILES string of the molecule is Cc1cccc(CNC(=O)c2cc(C)n(-c3nccs3)c2C)n1. The number of hydrogen-bond donors (Lipinski definition) is 1. The van der Waals surface area contributed by atoms with Gasteiger partial charge in [0, 0.05) is 28.7 Å². The number of nitrogens with zero attached hydrogens (tertiary/aromatic N) is 3. The van der Waals surface area contributed by atoms with Gasteiger partial charge in [-0.15, -0.1) is 11.3 Å². The number of nitrogens with one attached hydrogen (secondary N) is 1. The van der Waals surface area contributed by atoms with Crippen molar-refractivity contribution in [1.29, 1.82) is 0 Å². The Morgan fingerprint density at radius 3 is 2.83 bits per heavy atom.